The fraction of sp³-hybridized carbons (Fsp3) is 0.176. The Balaban J connectivity index is 1.67. The number of aliphatic hydroxyl groups excluding tert-OH is 1. The number of nitrogens with zero attached hydrogens (tertiary/aromatic N) is 6. The molecule has 0 fully saturated rings. The minimum Gasteiger partial charge on any atom is -0.395 e. The topological polar surface area (TPSA) is 92.6 Å². The van der Waals surface area contributed by atoms with Crippen molar-refractivity contribution in [2.24, 2.45) is 0 Å². The number of rotatable bonds is 5. The Labute approximate surface area is 143 Å². The van der Waals surface area contributed by atoms with Gasteiger partial charge in [-0.1, -0.05) is 23.4 Å². The Kier molecular flexibility index (Phi) is 3.87. The molecule has 0 radical (unpaired) electrons. The van der Waals surface area contributed by atoms with Crippen LogP contribution in [0.1, 0.15) is 0 Å². The molecular weight excluding hydrogens is 320 g/mol. The lowest BCUT2D eigenvalue weighted by Gasteiger charge is -2.10. The average molecular weight is 336 g/mol. The van der Waals surface area contributed by atoms with Gasteiger partial charge in [-0.05, 0) is 18.2 Å². The van der Waals surface area contributed by atoms with E-state index in [4.69, 9.17) is 9.63 Å². The fourth-order valence-electron chi connectivity index (χ4n) is 2.52. The van der Waals surface area contributed by atoms with E-state index in [-0.39, 0.29) is 6.61 Å². The maximum atomic E-state index is 9.00. The molecular formula is C17H16N6O2. The molecule has 0 saturated carbocycles. The molecule has 1 aromatic carbocycles. The number of aliphatic hydroxyl groups is 1. The maximum absolute atomic E-state index is 9.00. The van der Waals surface area contributed by atoms with Crippen LogP contribution in [-0.4, -0.2) is 50.0 Å². The van der Waals surface area contributed by atoms with Crippen molar-refractivity contribution < 1.29 is 9.63 Å². The first-order valence-corrected chi connectivity index (χ1v) is 7.81. The first-order valence-electron chi connectivity index (χ1n) is 7.81. The van der Waals surface area contributed by atoms with Crippen LogP contribution in [0.15, 0.2) is 53.3 Å². The van der Waals surface area contributed by atoms with E-state index in [2.05, 4.69) is 20.2 Å². The van der Waals surface area contributed by atoms with Crippen LogP contribution in [0.4, 0.5) is 6.01 Å². The third-order valence-corrected chi connectivity index (χ3v) is 3.83. The molecule has 3 heterocycles. The summed E-state index contributed by atoms with van der Waals surface area (Å²) >= 11 is 0. The zero-order chi connectivity index (χ0) is 17.2. The number of aromatic nitrogens is 5. The molecule has 0 bridgehead atoms. The third-order valence-electron chi connectivity index (χ3n) is 3.83. The Bertz CT molecular complexity index is 976. The van der Waals surface area contributed by atoms with Gasteiger partial charge in [-0.25, -0.2) is 9.50 Å². The highest BCUT2D eigenvalue weighted by Gasteiger charge is 2.13. The van der Waals surface area contributed by atoms with Crippen molar-refractivity contribution in [3.63, 3.8) is 0 Å². The van der Waals surface area contributed by atoms with E-state index < -0.39 is 0 Å². The van der Waals surface area contributed by atoms with Crippen LogP contribution in [-0.2, 0) is 0 Å². The van der Waals surface area contributed by atoms with E-state index in [1.807, 2.05) is 42.6 Å². The van der Waals surface area contributed by atoms with Crippen molar-refractivity contribution in [2.75, 3.05) is 25.1 Å². The molecule has 0 spiro atoms. The number of hydrogen-bond acceptors (Lipinski definition) is 7. The highest BCUT2D eigenvalue weighted by atomic mass is 16.5. The predicted molar refractivity (Wildman–Crippen MR) is 92.1 cm³/mol. The summed E-state index contributed by atoms with van der Waals surface area (Å²) in [7, 11) is 1.79. The van der Waals surface area contributed by atoms with Gasteiger partial charge in [-0.15, -0.1) is 0 Å². The summed E-state index contributed by atoms with van der Waals surface area (Å²) in [5, 5.41) is 17.3. The smallest absolute Gasteiger partial charge is 0.324 e. The van der Waals surface area contributed by atoms with E-state index in [0.29, 0.717) is 18.4 Å². The molecule has 0 aliphatic heterocycles. The lowest BCUT2D eigenvalue weighted by atomic mass is 10.1. The summed E-state index contributed by atoms with van der Waals surface area (Å²) in [6, 6.07) is 11.9. The van der Waals surface area contributed by atoms with Gasteiger partial charge < -0.3 is 14.5 Å². The zero-order valence-electron chi connectivity index (χ0n) is 13.6. The Morgan fingerprint density at radius 3 is 2.88 bits per heavy atom. The van der Waals surface area contributed by atoms with Gasteiger partial charge in [0.2, 0.25) is 5.82 Å². The molecule has 0 aliphatic rings. The van der Waals surface area contributed by atoms with Crippen LogP contribution in [0, 0.1) is 0 Å². The van der Waals surface area contributed by atoms with Crippen molar-refractivity contribution in [3.8, 4) is 22.6 Å². The summed E-state index contributed by atoms with van der Waals surface area (Å²) in [5.74, 6) is 0.489. The van der Waals surface area contributed by atoms with E-state index in [1.165, 1.54) is 0 Å². The fourth-order valence-corrected chi connectivity index (χ4v) is 2.52. The van der Waals surface area contributed by atoms with Crippen molar-refractivity contribution in [3.05, 3.63) is 48.8 Å². The standard InChI is InChI=1S/C17H16N6O2/c1-22(8-9-24)17-20-16(21-25-17)13-5-2-4-12(10-13)14-11-23-15(19-14)6-3-7-18-23/h2-7,10-11,24H,8-9H2,1H3. The van der Waals surface area contributed by atoms with Crippen molar-refractivity contribution in [1.29, 1.82) is 0 Å². The van der Waals surface area contributed by atoms with Crippen LogP contribution in [0.25, 0.3) is 28.3 Å². The maximum Gasteiger partial charge on any atom is 0.324 e. The van der Waals surface area contributed by atoms with Crippen molar-refractivity contribution in [1.82, 2.24) is 24.7 Å². The highest BCUT2D eigenvalue weighted by Crippen LogP contribution is 2.25. The average Bonchev–Trinajstić information content (AvgIpc) is 3.29. The molecule has 0 aliphatic carbocycles. The van der Waals surface area contributed by atoms with Crippen LogP contribution < -0.4 is 4.90 Å². The largest absolute Gasteiger partial charge is 0.395 e. The quantitative estimate of drug-likeness (QED) is 0.595. The van der Waals surface area contributed by atoms with Crippen LogP contribution in [0.5, 0.6) is 0 Å². The predicted octanol–water partition coefficient (Wildman–Crippen LogP) is 1.87. The molecule has 0 unspecified atom stereocenters. The van der Waals surface area contributed by atoms with Gasteiger partial charge in [0, 0.05) is 30.9 Å². The van der Waals surface area contributed by atoms with Crippen molar-refractivity contribution in [2.45, 2.75) is 0 Å². The molecule has 8 nitrogen and oxygen atoms in total. The number of benzene rings is 1. The van der Waals surface area contributed by atoms with Gasteiger partial charge in [0.05, 0.1) is 18.5 Å². The van der Waals surface area contributed by atoms with E-state index in [1.54, 1.807) is 22.7 Å². The SMILES string of the molecule is CN(CCO)c1nc(-c2cccc(-c3cn4ncccc4n3)c2)no1. The van der Waals surface area contributed by atoms with Crippen LogP contribution in [0.2, 0.25) is 0 Å². The van der Waals surface area contributed by atoms with Gasteiger partial charge in [0.15, 0.2) is 5.65 Å². The Morgan fingerprint density at radius 1 is 1.16 bits per heavy atom. The summed E-state index contributed by atoms with van der Waals surface area (Å²) < 4.78 is 6.99. The number of likely N-dealkylation sites (N-methyl/N-ethyl adjacent to an activating group) is 1. The summed E-state index contributed by atoms with van der Waals surface area (Å²) in [4.78, 5) is 10.7. The van der Waals surface area contributed by atoms with E-state index in [9.17, 15) is 0 Å². The summed E-state index contributed by atoms with van der Waals surface area (Å²) in [6.07, 6.45) is 3.60. The zero-order valence-corrected chi connectivity index (χ0v) is 13.6. The third kappa shape index (κ3) is 2.94. The summed E-state index contributed by atoms with van der Waals surface area (Å²) in [6.45, 7) is 0.446. The van der Waals surface area contributed by atoms with Crippen LogP contribution in [0.3, 0.4) is 0 Å². The molecule has 8 heteroatoms. The first-order chi connectivity index (χ1) is 12.2. The molecule has 3 aromatic heterocycles. The second kappa shape index (κ2) is 6.33. The van der Waals surface area contributed by atoms with Gasteiger partial charge in [0.1, 0.15) is 0 Å². The lowest BCUT2D eigenvalue weighted by molar-refractivity contribution is 0.299. The Hall–Kier alpha value is -3.26. The van der Waals surface area contributed by atoms with Crippen LogP contribution >= 0.6 is 0 Å². The number of hydrogen-bond donors (Lipinski definition) is 1. The minimum absolute atomic E-state index is 0.0195. The molecule has 0 amide bonds. The molecule has 1 N–H and O–H groups in total. The minimum atomic E-state index is 0.0195. The summed E-state index contributed by atoms with van der Waals surface area (Å²) in [5.41, 5.74) is 3.38. The second-order valence-electron chi connectivity index (χ2n) is 5.58. The first kappa shape index (κ1) is 15.3. The highest BCUT2D eigenvalue weighted by molar-refractivity contribution is 5.69. The second-order valence-corrected chi connectivity index (χ2v) is 5.58. The lowest BCUT2D eigenvalue weighted by Crippen LogP contribution is -2.21. The molecule has 126 valence electrons. The van der Waals surface area contributed by atoms with E-state index in [0.717, 1.165) is 22.5 Å². The Morgan fingerprint density at radius 2 is 2.04 bits per heavy atom. The normalized spacial score (nSPS) is 11.1. The van der Waals surface area contributed by atoms with Gasteiger partial charge in [-0.3, -0.25) is 0 Å². The van der Waals surface area contributed by atoms with Gasteiger partial charge in [0.25, 0.3) is 0 Å². The van der Waals surface area contributed by atoms with Gasteiger partial charge in [-0.2, -0.15) is 10.1 Å². The monoisotopic (exact) mass is 336 g/mol. The molecule has 4 aromatic rings. The number of fused-ring (bicyclic) bond motifs is 1. The molecule has 25 heavy (non-hydrogen) atoms. The number of anilines is 1. The molecule has 0 atom stereocenters. The van der Waals surface area contributed by atoms with E-state index >= 15 is 0 Å². The van der Waals surface area contributed by atoms with Crippen molar-refractivity contribution >= 4 is 11.7 Å². The molecule has 0 saturated heterocycles. The molecule has 4 rings (SSSR count). The van der Waals surface area contributed by atoms with Gasteiger partial charge >= 0.3 is 6.01 Å². The number of imidazole rings is 1.